The van der Waals surface area contributed by atoms with Crippen molar-refractivity contribution in [2.24, 2.45) is 0 Å². The van der Waals surface area contributed by atoms with Crippen molar-refractivity contribution in [2.45, 2.75) is 6.42 Å². The van der Waals surface area contributed by atoms with Gasteiger partial charge in [-0.25, -0.2) is 0 Å². The highest BCUT2D eigenvalue weighted by Crippen LogP contribution is 2.35. The number of aromatic nitrogens is 2. The third-order valence-electron chi connectivity index (χ3n) is 3.63. The Kier molecular flexibility index (Phi) is 4.21. The predicted molar refractivity (Wildman–Crippen MR) is 98.3 cm³/mol. The second kappa shape index (κ2) is 6.66. The van der Waals surface area contributed by atoms with Gasteiger partial charge in [0.15, 0.2) is 0 Å². The maximum Gasteiger partial charge on any atom is 0.322 e. The van der Waals surface area contributed by atoms with Crippen molar-refractivity contribution in [3.8, 4) is 0 Å². The fraction of sp³-hybridized carbons (Fsp3) is 0.0556. The first-order valence-electron chi connectivity index (χ1n) is 7.55. The number of anilines is 1. The van der Waals surface area contributed by atoms with E-state index in [0.717, 1.165) is 15.6 Å². The minimum Gasteiger partial charge on any atom is -0.407 e. The number of benzene rings is 2. The molecule has 0 unspecified atom stereocenters. The molecule has 7 heteroatoms. The van der Waals surface area contributed by atoms with E-state index in [1.165, 1.54) is 11.3 Å². The van der Waals surface area contributed by atoms with E-state index in [2.05, 4.69) is 15.5 Å². The van der Waals surface area contributed by atoms with Crippen molar-refractivity contribution in [2.75, 3.05) is 5.32 Å². The van der Waals surface area contributed by atoms with Crippen molar-refractivity contribution < 1.29 is 9.21 Å². The zero-order valence-corrected chi connectivity index (χ0v) is 14.5. The van der Waals surface area contributed by atoms with Crippen LogP contribution in [-0.4, -0.2) is 16.1 Å². The van der Waals surface area contributed by atoms with Crippen molar-refractivity contribution in [1.82, 2.24) is 10.2 Å². The molecule has 124 valence electrons. The Hall–Kier alpha value is -2.70. The van der Waals surface area contributed by atoms with Crippen LogP contribution in [0.4, 0.5) is 6.01 Å². The Labute approximate surface area is 152 Å². The Morgan fingerprint density at radius 2 is 1.84 bits per heavy atom. The number of fused-ring (bicyclic) bond motifs is 1. The normalized spacial score (nSPS) is 10.9. The zero-order chi connectivity index (χ0) is 17.2. The molecule has 1 N–H and O–H groups in total. The summed E-state index contributed by atoms with van der Waals surface area (Å²) in [6.07, 6.45) is 0.507. The van der Waals surface area contributed by atoms with Gasteiger partial charge in [-0.3, -0.25) is 10.1 Å². The fourth-order valence-electron chi connectivity index (χ4n) is 2.46. The number of carbonyl (C=O) groups excluding carboxylic acids is 1. The first kappa shape index (κ1) is 15.8. The van der Waals surface area contributed by atoms with E-state index >= 15 is 0 Å². The number of hydrogen-bond donors (Lipinski definition) is 1. The van der Waals surface area contributed by atoms with Crippen LogP contribution in [0.2, 0.25) is 5.02 Å². The van der Waals surface area contributed by atoms with Crippen LogP contribution in [0.25, 0.3) is 10.1 Å². The van der Waals surface area contributed by atoms with E-state index in [-0.39, 0.29) is 11.9 Å². The van der Waals surface area contributed by atoms with Crippen LogP contribution in [0.1, 0.15) is 21.1 Å². The van der Waals surface area contributed by atoms with Crippen LogP contribution in [0.15, 0.2) is 59.0 Å². The Morgan fingerprint density at radius 3 is 2.64 bits per heavy atom. The molecule has 2 aromatic carbocycles. The molecule has 4 aromatic rings. The van der Waals surface area contributed by atoms with Gasteiger partial charge in [0, 0.05) is 10.1 Å². The molecule has 0 saturated heterocycles. The van der Waals surface area contributed by atoms with Gasteiger partial charge in [-0.15, -0.1) is 16.4 Å². The largest absolute Gasteiger partial charge is 0.407 e. The molecule has 1 amide bonds. The number of halogens is 1. The van der Waals surface area contributed by atoms with Gasteiger partial charge in [0.2, 0.25) is 5.89 Å². The maximum atomic E-state index is 12.5. The van der Waals surface area contributed by atoms with Crippen LogP contribution in [0, 0.1) is 0 Å². The first-order valence-corrected chi connectivity index (χ1v) is 8.75. The van der Waals surface area contributed by atoms with Crippen molar-refractivity contribution >= 4 is 44.9 Å². The van der Waals surface area contributed by atoms with Gasteiger partial charge in [0.25, 0.3) is 5.91 Å². The minimum absolute atomic E-state index is 0.0597. The van der Waals surface area contributed by atoms with Crippen molar-refractivity contribution in [1.29, 1.82) is 0 Å². The number of hydrogen-bond acceptors (Lipinski definition) is 5. The average molecular weight is 370 g/mol. The molecule has 5 nitrogen and oxygen atoms in total. The minimum atomic E-state index is -0.360. The maximum absolute atomic E-state index is 12.5. The number of thiophene rings is 1. The zero-order valence-electron chi connectivity index (χ0n) is 12.9. The Bertz CT molecular complexity index is 1040. The monoisotopic (exact) mass is 369 g/mol. The van der Waals surface area contributed by atoms with Crippen LogP contribution in [-0.2, 0) is 6.42 Å². The summed E-state index contributed by atoms with van der Waals surface area (Å²) in [6.45, 7) is 0. The van der Waals surface area contributed by atoms with Gasteiger partial charge in [-0.2, -0.15) is 0 Å². The van der Waals surface area contributed by atoms with E-state index < -0.39 is 0 Å². The lowest BCUT2D eigenvalue weighted by Gasteiger charge is -1.98. The Balaban J connectivity index is 1.52. The number of amides is 1. The molecule has 2 heterocycles. The summed E-state index contributed by atoms with van der Waals surface area (Å²) in [4.78, 5) is 12.9. The third-order valence-corrected chi connectivity index (χ3v) is 5.30. The lowest BCUT2D eigenvalue weighted by Crippen LogP contribution is -2.10. The van der Waals surface area contributed by atoms with Gasteiger partial charge in [-0.1, -0.05) is 65.2 Å². The van der Waals surface area contributed by atoms with Gasteiger partial charge >= 0.3 is 6.01 Å². The summed E-state index contributed by atoms with van der Waals surface area (Å²) in [5.74, 6) is 0.0741. The lowest BCUT2D eigenvalue weighted by molar-refractivity contribution is 0.102. The van der Waals surface area contributed by atoms with Gasteiger partial charge in [-0.05, 0) is 11.6 Å². The Morgan fingerprint density at radius 1 is 1.08 bits per heavy atom. The molecule has 4 rings (SSSR count). The molecule has 25 heavy (non-hydrogen) atoms. The lowest BCUT2D eigenvalue weighted by atomic mass is 10.2. The molecular formula is C18H12ClN3O2S. The molecule has 0 spiro atoms. The van der Waals surface area contributed by atoms with Crippen LogP contribution >= 0.6 is 22.9 Å². The number of rotatable bonds is 4. The van der Waals surface area contributed by atoms with E-state index in [4.69, 9.17) is 16.0 Å². The number of nitrogens with one attached hydrogen (secondary N) is 1. The summed E-state index contributed by atoms with van der Waals surface area (Å²) >= 11 is 7.64. The first-order chi connectivity index (χ1) is 12.2. The van der Waals surface area contributed by atoms with Crippen LogP contribution < -0.4 is 5.32 Å². The highest BCUT2D eigenvalue weighted by molar-refractivity contribution is 7.21. The fourth-order valence-corrected chi connectivity index (χ4v) is 3.87. The highest BCUT2D eigenvalue weighted by atomic mass is 35.5. The number of carbonyl (C=O) groups is 1. The van der Waals surface area contributed by atoms with Gasteiger partial charge < -0.3 is 4.42 Å². The second-order valence-electron chi connectivity index (χ2n) is 5.36. The van der Waals surface area contributed by atoms with E-state index in [1.54, 1.807) is 0 Å². The molecule has 0 radical (unpaired) electrons. The summed E-state index contributed by atoms with van der Waals surface area (Å²) in [6, 6.07) is 17.4. The van der Waals surface area contributed by atoms with E-state index in [1.807, 2.05) is 54.6 Å². The summed E-state index contributed by atoms with van der Waals surface area (Å²) < 4.78 is 6.45. The molecule has 0 bridgehead atoms. The average Bonchev–Trinajstić information content (AvgIpc) is 3.20. The highest BCUT2D eigenvalue weighted by Gasteiger charge is 2.19. The quantitative estimate of drug-likeness (QED) is 0.562. The molecule has 0 aliphatic heterocycles. The van der Waals surface area contributed by atoms with E-state index in [9.17, 15) is 4.79 Å². The van der Waals surface area contributed by atoms with Crippen molar-refractivity contribution in [3.63, 3.8) is 0 Å². The SMILES string of the molecule is O=C(Nc1nnc(Cc2ccccc2)o1)c1sc2ccccc2c1Cl. The summed E-state index contributed by atoms with van der Waals surface area (Å²) in [7, 11) is 0. The van der Waals surface area contributed by atoms with Gasteiger partial charge in [0.05, 0.1) is 11.4 Å². The standard InChI is InChI=1S/C18H12ClN3O2S/c19-15-12-8-4-5-9-13(12)25-16(15)17(23)20-18-22-21-14(24-18)10-11-6-2-1-3-7-11/h1-9H,10H2,(H,20,22,23). The predicted octanol–water partition coefficient (Wildman–Crippen LogP) is 4.78. The molecule has 0 atom stereocenters. The van der Waals surface area contributed by atoms with Gasteiger partial charge in [0.1, 0.15) is 4.88 Å². The summed E-state index contributed by atoms with van der Waals surface area (Å²) in [5, 5.41) is 11.7. The molecule has 0 fully saturated rings. The molecular weight excluding hydrogens is 358 g/mol. The van der Waals surface area contributed by atoms with Crippen LogP contribution in [0.5, 0.6) is 0 Å². The molecule has 0 saturated carbocycles. The van der Waals surface area contributed by atoms with Crippen molar-refractivity contribution in [3.05, 3.63) is 76.0 Å². The van der Waals surface area contributed by atoms with Crippen LogP contribution in [0.3, 0.4) is 0 Å². The topological polar surface area (TPSA) is 68.0 Å². The summed E-state index contributed by atoms with van der Waals surface area (Å²) in [5.41, 5.74) is 1.05. The molecule has 0 aliphatic rings. The number of nitrogens with zero attached hydrogens (tertiary/aromatic N) is 2. The van der Waals surface area contributed by atoms with E-state index in [0.29, 0.717) is 22.2 Å². The smallest absolute Gasteiger partial charge is 0.322 e. The molecule has 0 aliphatic carbocycles. The third kappa shape index (κ3) is 3.26. The second-order valence-corrected chi connectivity index (χ2v) is 6.79. The molecule has 2 aromatic heterocycles.